The third kappa shape index (κ3) is 3.82. The van der Waals surface area contributed by atoms with Crippen molar-refractivity contribution in [1.29, 1.82) is 0 Å². The van der Waals surface area contributed by atoms with Crippen LogP contribution in [0.1, 0.15) is 50.2 Å². The number of carbonyl (C=O) groups is 1. The predicted octanol–water partition coefficient (Wildman–Crippen LogP) is 4.74. The Hall–Kier alpha value is -1.81. The summed E-state index contributed by atoms with van der Waals surface area (Å²) in [6.07, 6.45) is 5.91. The fourth-order valence-electron chi connectivity index (χ4n) is 6.97. The second kappa shape index (κ2) is 7.95. The van der Waals surface area contributed by atoms with Crippen molar-refractivity contribution in [1.82, 2.24) is 4.90 Å². The summed E-state index contributed by atoms with van der Waals surface area (Å²) in [5.41, 5.74) is 5.73. The van der Waals surface area contributed by atoms with Crippen LogP contribution in [0.4, 0.5) is 5.69 Å². The summed E-state index contributed by atoms with van der Waals surface area (Å²) in [6, 6.07) is 6.72. The van der Waals surface area contributed by atoms with E-state index in [0.717, 1.165) is 52.0 Å². The van der Waals surface area contributed by atoms with Gasteiger partial charge in [0.25, 0.3) is 0 Å². The van der Waals surface area contributed by atoms with Gasteiger partial charge < -0.3 is 9.64 Å². The monoisotopic (exact) mass is 422 g/mol. The minimum absolute atomic E-state index is 0.0385. The normalized spacial score (nSPS) is 36.2. The smallest absolute Gasteiger partial charge is 0.310 e. The molecule has 4 aliphatic rings. The van der Waals surface area contributed by atoms with Crippen molar-refractivity contribution in [3.05, 3.63) is 41.5 Å². The van der Waals surface area contributed by atoms with Crippen LogP contribution in [-0.2, 0) is 9.53 Å². The second-order valence-electron chi connectivity index (χ2n) is 11.0. The van der Waals surface area contributed by atoms with E-state index in [9.17, 15) is 4.79 Å². The van der Waals surface area contributed by atoms with Gasteiger partial charge in [-0.25, -0.2) is 0 Å². The number of carbonyl (C=O) groups excluding carboxylic acids is 1. The molecule has 0 N–H and O–H groups in total. The first-order valence-corrected chi connectivity index (χ1v) is 12.3. The van der Waals surface area contributed by atoms with E-state index in [2.05, 4.69) is 55.3 Å². The molecule has 0 spiro atoms. The second-order valence-corrected chi connectivity index (χ2v) is 11.0. The fraction of sp³-hybridized carbons (Fsp3) is 0.667. The third-order valence-electron chi connectivity index (χ3n) is 8.85. The summed E-state index contributed by atoms with van der Waals surface area (Å²) in [7, 11) is 0. The van der Waals surface area contributed by atoms with E-state index >= 15 is 0 Å². The van der Waals surface area contributed by atoms with E-state index in [0.29, 0.717) is 11.8 Å². The van der Waals surface area contributed by atoms with Crippen molar-refractivity contribution >= 4 is 11.7 Å². The summed E-state index contributed by atoms with van der Waals surface area (Å²) in [4.78, 5) is 17.9. The first-order valence-electron chi connectivity index (χ1n) is 12.3. The van der Waals surface area contributed by atoms with Crippen molar-refractivity contribution in [2.75, 3.05) is 37.6 Å². The number of piperazine rings is 1. The van der Waals surface area contributed by atoms with Crippen LogP contribution >= 0.6 is 0 Å². The quantitative estimate of drug-likeness (QED) is 0.520. The Bertz CT molecular complexity index is 872. The van der Waals surface area contributed by atoms with Crippen molar-refractivity contribution in [2.45, 2.75) is 59.0 Å². The zero-order chi connectivity index (χ0) is 21.8. The van der Waals surface area contributed by atoms with Gasteiger partial charge in [-0.2, -0.15) is 0 Å². The van der Waals surface area contributed by atoms with Gasteiger partial charge in [-0.05, 0) is 74.5 Å². The van der Waals surface area contributed by atoms with Crippen LogP contribution in [0.3, 0.4) is 0 Å². The van der Waals surface area contributed by atoms with Crippen LogP contribution in [0.15, 0.2) is 30.4 Å². The van der Waals surface area contributed by atoms with Crippen molar-refractivity contribution < 1.29 is 9.53 Å². The number of fused-ring (bicyclic) bond motifs is 2. The number of rotatable bonds is 3. The summed E-state index contributed by atoms with van der Waals surface area (Å²) < 4.78 is 5.98. The molecule has 5 rings (SSSR count). The number of anilines is 1. The maximum Gasteiger partial charge on any atom is 0.310 e. The van der Waals surface area contributed by atoms with E-state index in [1.54, 1.807) is 0 Å². The molecule has 4 nitrogen and oxygen atoms in total. The maximum atomic E-state index is 12.9. The molecule has 5 atom stereocenters. The lowest BCUT2D eigenvalue weighted by Crippen LogP contribution is -2.50. The van der Waals surface area contributed by atoms with Crippen LogP contribution in [0, 0.1) is 37.0 Å². The highest BCUT2D eigenvalue weighted by molar-refractivity contribution is 5.75. The van der Waals surface area contributed by atoms with E-state index in [4.69, 9.17) is 4.74 Å². The van der Waals surface area contributed by atoms with Gasteiger partial charge >= 0.3 is 5.97 Å². The van der Waals surface area contributed by atoms with Crippen molar-refractivity contribution in [3.63, 3.8) is 0 Å². The van der Waals surface area contributed by atoms with Gasteiger partial charge in [0.05, 0.1) is 5.92 Å². The number of allylic oxidation sites excluding steroid dienone is 1. The van der Waals surface area contributed by atoms with E-state index in [1.165, 1.54) is 35.2 Å². The number of ether oxygens (including phenoxy) is 1. The number of hydrogen-bond donors (Lipinski definition) is 0. The predicted molar refractivity (Wildman–Crippen MR) is 125 cm³/mol. The molecule has 4 fully saturated rings. The number of aryl methyl sites for hydroxylation is 2. The zero-order valence-electron chi connectivity index (χ0n) is 19.5. The Balaban J connectivity index is 1.23. The van der Waals surface area contributed by atoms with Crippen LogP contribution in [0.2, 0.25) is 0 Å². The van der Waals surface area contributed by atoms with E-state index in [1.807, 2.05) is 0 Å². The fourth-order valence-corrected chi connectivity index (χ4v) is 6.97. The molecule has 31 heavy (non-hydrogen) atoms. The summed E-state index contributed by atoms with van der Waals surface area (Å²) in [5, 5.41) is 0. The minimum Gasteiger partial charge on any atom is -0.462 e. The number of esters is 1. The molecule has 0 aromatic heterocycles. The van der Waals surface area contributed by atoms with Gasteiger partial charge in [-0.15, -0.1) is 0 Å². The Morgan fingerprint density at radius 2 is 1.97 bits per heavy atom. The van der Waals surface area contributed by atoms with Gasteiger partial charge in [-0.1, -0.05) is 31.2 Å². The molecule has 0 unspecified atom stereocenters. The standard InChI is InChI=1S/C27H38N2O2/c1-18-7-8-20(3)24(14-18)29-12-10-28(11-13-29)17-22-21-15-23-19(2)6-5-9-27(23,4)16-25(21)31-26(22)30/h7-8,14,21-23,25H,2,5-6,9-13,15-17H2,1,3-4H3/t21-,22-,23+,25+,27+/m0/s1. The highest BCUT2D eigenvalue weighted by atomic mass is 16.6. The Labute approximate surface area is 187 Å². The molecule has 168 valence electrons. The van der Waals surface area contributed by atoms with E-state index < -0.39 is 0 Å². The molecule has 4 heteroatoms. The van der Waals surface area contributed by atoms with Crippen LogP contribution in [0.5, 0.6) is 0 Å². The molecule has 2 aliphatic heterocycles. The molecule has 2 saturated heterocycles. The average Bonchev–Trinajstić information content (AvgIpc) is 3.02. The highest BCUT2D eigenvalue weighted by Gasteiger charge is 2.55. The number of hydrogen-bond acceptors (Lipinski definition) is 4. The largest absolute Gasteiger partial charge is 0.462 e. The molecule has 0 bridgehead atoms. The Morgan fingerprint density at radius 1 is 1.19 bits per heavy atom. The summed E-state index contributed by atoms with van der Waals surface area (Å²) in [6.45, 7) is 16.1. The third-order valence-corrected chi connectivity index (χ3v) is 8.85. The average molecular weight is 423 g/mol. The van der Waals surface area contributed by atoms with Gasteiger partial charge in [0.2, 0.25) is 0 Å². The molecule has 1 aromatic carbocycles. The molecule has 0 radical (unpaired) electrons. The maximum absolute atomic E-state index is 12.9. The molecule has 1 aromatic rings. The highest BCUT2D eigenvalue weighted by Crippen LogP contribution is 2.56. The summed E-state index contributed by atoms with van der Waals surface area (Å²) in [5.74, 6) is 1.04. The van der Waals surface area contributed by atoms with Crippen LogP contribution in [0.25, 0.3) is 0 Å². The number of nitrogens with zero attached hydrogens (tertiary/aromatic N) is 2. The minimum atomic E-state index is 0.0385. The van der Waals surface area contributed by atoms with Crippen LogP contribution in [-0.4, -0.2) is 49.7 Å². The molecular weight excluding hydrogens is 384 g/mol. The van der Waals surface area contributed by atoms with Crippen molar-refractivity contribution in [2.24, 2.45) is 23.2 Å². The van der Waals surface area contributed by atoms with Crippen LogP contribution < -0.4 is 4.90 Å². The lowest BCUT2D eigenvalue weighted by Gasteiger charge is -2.50. The first kappa shape index (κ1) is 21.1. The lowest BCUT2D eigenvalue weighted by atomic mass is 9.55. The molecule has 2 aliphatic carbocycles. The Kier molecular flexibility index (Phi) is 5.40. The van der Waals surface area contributed by atoms with Gasteiger partial charge in [0, 0.05) is 44.3 Å². The SMILES string of the molecule is C=C1CCC[C@]2(C)C[C@H]3OC(=O)[C@@H](CN4CCN(c5cc(C)ccc5C)CC4)[C@@H]3C[C@H]12. The summed E-state index contributed by atoms with van der Waals surface area (Å²) >= 11 is 0. The Morgan fingerprint density at radius 3 is 2.74 bits per heavy atom. The first-order chi connectivity index (χ1) is 14.8. The molecule has 2 saturated carbocycles. The topological polar surface area (TPSA) is 32.8 Å². The lowest BCUT2D eigenvalue weighted by molar-refractivity contribution is -0.146. The number of benzene rings is 1. The molecule has 2 heterocycles. The van der Waals surface area contributed by atoms with E-state index in [-0.39, 0.29) is 23.4 Å². The molecule has 0 amide bonds. The van der Waals surface area contributed by atoms with Gasteiger partial charge in [0.1, 0.15) is 6.10 Å². The van der Waals surface area contributed by atoms with Crippen molar-refractivity contribution in [3.8, 4) is 0 Å². The van der Waals surface area contributed by atoms with Gasteiger partial charge in [-0.3, -0.25) is 9.69 Å². The molecular formula is C27H38N2O2. The zero-order valence-corrected chi connectivity index (χ0v) is 19.5. The van der Waals surface area contributed by atoms with Gasteiger partial charge in [0.15, 0.2) is 0 Å².